The zero-order valence-electron chi connectivity index (χ0n) is 8.33. The van der Waals surface area contributed by atoms with E-state index in [9.17, 15) is 4.79 Å². The molecule has 1 heterocycles. The third-order valence-corrected chi connectivity index (χ3v) is 3.45. The van der Waals surface area contributed by atoms with E-state index < -0.39 is 0 Å². The van der Waals surface area contributed by atoms with Crippen molar-refractivity contribution in [1.82, 2.24) is 0 Å². The number of halogens is 1. The minimum absolute atomic E-state index is 0.0626. The van der Waals surface area contributed by atoms with Crippen molar-refractivity contribution in [2.75, 3.05) is 18.6 Å². The molecule has 0 fully saturated rings. The highest BCUT2D eigenvalue weighted by molar-refractivity contribution is 7.98. The number of fused-ring (bicyclic) bond motifs is 1. The number of rotatable bonds is 2. The first-order chi connectivity index (χ1) is 7.24. The molecular weight excluding hydrogens is 232 g/mol. The maximum atomic E-state index is 12.0. The first-order valence-electron chi connectivity index (χ1n) is 4.68. The summed E-state index contributed by atoms with van der Waals surface area (Å²) in [4.78, 5) is 12.0. The van der Waals surface area contributed by atoms with Gasteiger partial charge in [0, 0.05) is 5.75 Å². The number of thioether (sulfide) groups is 1. The quantitative estimate of drug-likeness (QED) is 0.798. The zero-order chi connectivity index (χ0) is 10.8. The topological polar surface area (TPSA) is 26.3 Å². The lowest BCUT2D eigenvalue weighted by atomic mass is 9.96. The molecule has 1 aromatic carbocycles. The minimum atomic E-state index is -0.0626. The normalized spacial score (nSPS) is 19.6. The highest BCUT2D eigenvalue weighted by Crippen LogP contribution is 2.33. The summed E-state index contributed by atoms with van der Waals surface area (Å²) in [5.41, 5.74) is 0.546. The van der Waals surface area contributed by atoms with Crippen LogP contribution in [-0.2, 0) is 0 Å². The Morgan fingerprint density at radius 1 is 1.60 bits per heavy atom. The third kappa shape index (κ3) is 1.99. The van der Waals surface area contributed by atoms with Crippen molar-refractivity contribution < 1.29 is 9.53 Å². The molecule has 2 nitrogen and oxygen atoms in total. The van der Waals surface area contributed by atoms with E-state index in [1.54, 1.807) is 30.0 Å². The van der Waals surface area contributed by atoms with Crippen molar-refractivity contribution in [2.45, 2.75) is 0 Å². The fraction of sp³-hybridized carbons (Fsp3) is 0.364. The van der Waals surface area contributed by atoms with Gasteiger partial charge in [-0.15, -0.1) is 0 Å². The van der Waals surface area contributed by atoms with Crippen LogP contribution in [0.15, 0.2) is 18.2 Å². The Morgan fingerprint density at radius 3 is 3.13 bits per heavy atom. The molecule has 0 radical (unpaired) electrons. The van der Waals surface area contributed by atoms with Gasteiger partial charge in [-0.25, -0.2) is 0 Å². The van der Waals surface area contributed by atoms with Gasteiger partial charge in [-0.2, -0.15) is 11.8 Å². The van der Waals surface area contributed by atoms with Gasteiger partial charge >= 0.3 is 0 Å². The summed E-state index contributed by atoms with van der Waals surface area (Å²) in [6, 6.07) is 5.31. The van der Waals surface area contributed by atoms with E-state index >= 15 is 0 Å². The number of carbonyl (C=O) groups excluding carboxylic acids is 1. The second-order valence-electron chi connectivity index (χ2n) is 3.44. The molecule has 0 amide bonds. The van der Waals surface area contributed by atoms with Crippen molar-refractivity contribution in [3.63, 3.8) is 0 Å². The number of hydrogen-bond donors (Lipinski definition) is 0. The fourth-order valence-corrected chi connectivity index (χ4v) is 2.57. The SMILES string of the molecule is CSCC1COc2cccc(Cl)c2C1=O. The Kier molecular flexibility index (Phi) is 3.22. The van der Waals surface area contributed by atoms with Gasteiger partial charge in [0.15, 0.2) is 5.78 Å². The molecule has 0 saturated carbocycles. The van der Waals surface area contributed by atoms with Crippen LogP contribution in [0.1, 0.15) is 10.4 Å². The number of Topliss-reactive ketones (excluding diaryl/α,β-unsaturated/α-hetero) is 1. The average molecular weight is 243 g/mol. The monoisotopic (exact) mass is 242 g/mol. The minimum Gasteiger partial charge on any atom is -0.492 e. The van der Waals surface area contributed by atoms with E-state index in [-0.39, 0.29) is 11.7 Å². The lowest BCUT2D eigenvalue weighted by Crippen LogP contribution is -2.29. The molecule has 0 saturated heterocycles. The molecule has 1 atom stereocenters. The predicted molar refractivity (Wildman–Crippen MR) is 63.1 cm³/mol. The highest BCUT2D eigenvalue weighted by Gasteiger charge is 2.30. The van der Waals surface area contributed by atoms with Gasteiger partial charge in [0.2, 0.25) is 0 Å². The number of carbonyl (C=O) groups is 1. The van der Waals surface area contributed by atoms with E-state index in [1.165, 1.54) is 0 Å². The fourth-order valence-electron chi connectivity index (χ4n) is 1.66. The Hall–Kier alpha value is -0.670. The number of benzene rings is 1. The number of ketones is 1. The van der Waals surface area contributed by atoms with Crippen molar-refractivity contribution in [3.8, 4) is 5.75 Å². The summed E-state index contributed by atoms with van der Waals surface area (Å²) >= 11 is 7.64. The summed E-state index contributed by atoms with van der Waals surface area (Å²) in [6.45, 7) is 0.465. The second-order valence-corrected chi connectivity index (χ2v) is 4.76. The molecule has 0 spiro atoms. The van der Waals surface area contributed by atoms with Crippen molar-refractivity contribution in [3.05, 3.63) is 28.8 Å². The molecule has 0 aromatic heterocycles. The molecule has 1 aliphatic heterocycles. The Labute approximate surface area is 98.0 Å². The first-order valence-corrected chi connectivity index (χ1v) is 6.45. The molecule has 0 aliphatic carbocycles. The molecule has 1 aromatic rings. The smallest absolute Gasteiger partial charge is 0.175 e. The zero-order valence-corrected chi connectivity index (χ0v) is 9.90. The molecular formula is C11H11ClO2S. The van der Waals surface area contributed by atoms with Gasteiger partial charge in [0.1, 0.15) is 5.75 Å². The summed E-state index contributed by atoms with van der Waals surface area (Å²) in [5.74, 6) is 1.44. The number of hydrogen-bond acceptors (Lipinski definition) is 3. The molecule has 4 heteroatoms. The van der Waals surface area contributed by atoms with E-state index in [2.05, 4.69) is 0 Å². The van der Waals surface area contributed by atoms with E-state index in [0.717, 1.165) is 5.75 Å². The Bertz CT molecular complexity index is 392. The van der Waals surface area contributed by atoms with Gasteiger partial charge in [-0.3, -0.25) is 4.79 Å². The van der Waals surface area contributed by atoms with Crippen molar-refractivity contribution in [2.24, 2.45) is 5.92 Å². The van der Waals surface area contributed by atoms with Crippen LogP contribution in [0.2, 0.25) is 5.02 Å². The van der Waals surface area contributed by atoms with Crippen LogP contribution >= 0.6 is 23.4 Å². The second kappa shape index (κ2) is 4.45. The Balaban J connectivity index is 2.36. The van der Waals surface area contributed by atoms with Crippen LogP contribution < -0.4 is 4.74 Å². The number of ether oxygens (including phenoxy) is 1. The molecule has 1 aliphatic rings. The van der Waals surface area contributed by atoms with Crippen LogP contribution in [0, 0.1) is 5.92 Å². The largest absolute Gasteiger partial charge is 0.492 e. The van der Waals surface area contributed by atoms with Gasteiger partial charge in [-0.05, 0) is 18.4 Å². The highest BCUT2D eigenvalue weighted by atomic mass is 35.5. The van der Waals surface area contributed by atoms with Gasteiger partial charge in [-0.1, -0.05) is 17.7 Å². The molecule has 1 unspecified atom stereocenters. The molecule has 2 rings (SSSR count). The third-order valence-electron chi connectivity index (χ3n) is 2.40. The van der Waals surface area contributed by atoms with E-state index in [4.69, 9.17) is 16.3 Å². The van der Waals surface area contributed by atoms with Crippen molar-refractivity contribution in [1.29, 1.82) is 0 Å². The summed E-state index contributed by atoms with van der Waals surface area (Å²) in [7, 11) is 0. The van der Waals surface area contributed by atoms with Crippen molar-refractivity contribution >= 4 is 29.1 Å². The standard InChI is InChI=1S/C11H11ClO2S/c1-15-6-7-5-14-9-4-2-3-8(12)10(9)11(7)13/h2-4,7H,5-6H2,1H3. The van der Waals surface area contributed by atoms with Crippen LogP contribution in [0.4, 0.5) is 0 Å². The summed E-state index contributed by atoms with van der Waals surface area (Å²) < 4.78 is 5.52. The van der Waals surface area contributed by atoms with Crippen LogP contribution in [-0.4, -0.2) is 24.4 Å². The van der Waals surface area contributed by atoms with Gasteiger partial charge in [0.05, 0.1) is 23.1 Å². The average Bonchev–Trinajstić information content (AvgIpc) is 2.22. The molecule has 0 bridgehead atoms. The molecule has 0 N–H and O–H groups in total. The van der Waals surface area contributed by atoms with Gasteiger partial charge in [0.25, 0.3) is 0 Å². The lowest BCUT2D eigenvalue weighted by molar-refractivity contribution is 0.0853. The van der Waals surface area contributed by atoms with Crippen LogP contribution in [0.5, 0.6) is 5.75 Å². The van der Waals surface area contributed by atoms with Gasteiger partial charge < -0.3 is 4.74 Å². The van der Waals surface area contributed by atoms with Crippen LogP contribution in [0.3, 0.4) is 0 Å². The maximum absolute atomic E-state index is 12.0. The first kappa shape index (κ1) is 10.8. The van der Waals surface area contributed by atoms with E-state index in [0.29, 0.717) is 22.9 Å². The van der Waals surface area contributed by atoms with E-state index in [1.807, 2.05) is 6.26 Å². The molecule has 15 heavy (non-hydrogen) atoms. The maximum Gasteiger partial charge on any atom is 0.175 e. The summed E-state index contributed by atoms with van der Waals surface area (Å²) in [5, 5.41) is 0.489. The molecule has 80 valence electrons. The summed E-state index contributed by atoms with van der Waals surface area (Å²) in [6.07, 6.45) is 1.98. The predicted octanol–water partition coefficient (Wildman–Crippen LogP) is 2.89. The Morgan fingerprint density at radius 2 is 2.40 bits per heavy atom. The van der Waals surface area contributed by atoms with Crippen LogP contribution in [0.25, 0.3) is 0 Å². The lowest BCUT2D eigenvalue weighted by Gasteiger charge is -2.24.